The molecule has 0 fully saturated rings. The van der Waals surface area contributed by atoms with Gasteiger partial charge in [0, 0.05) is 23.1 Å². The number of thiazole rings is 1. The Morgan fingerprint density at radius 2 is 1.90 bits per heavy atom. The normalized spacial score (nSPS) is 10.6. The molecule has 0 bridgehead atoms. The number of benzene rings is 2. The largest absolute Gasteiger partial charge is 0.497 e. The van der Waals surface area contributed by atoms with Crippen LogP contribution >= 0.6 is 11.3 Å². The van der Waals surface area contributed by atoms with Crippen molar-refractivity contribution in [2.45, 2.75) is 6.54 Å². The molecule has 0 amide bonds. The molecule has 3 rings (SSSR count). The molecular weight excluding hydrogens is 280 g/mol. The van der Waals surface area contributed by atoms with Crippen molar-refractivity contribution in [1.29, 1.82) is 0 Å². The van der Waals surface area contributed by atoms with E-state index in [1.54, 1.807) is 18.4 Å². The highest BCUT2D eigenvalue weighted by atomic mass is 32.1. The van der Waals surface area contributed by atoms with Gasteiger partial charge in [0.05, 0.1) is 12.8 Å². The van der Waals surface area contributed by atoms with Gasteiger partial charge in [0.2, 0.25) is 0 Å². The van der Waals surface area contributed by atoms with E-state index in [0.29, 0.717) is 6.54 Å². The predicted octanol–water partition coefficient (Wildman–Crippen LogP) is 3.94. The van der Waals surface area contributed by atoms with Crippen molar-refractivity contribution in [3.05, 3.63) is 59.5 Å². The van der Waals surface area contributed by atoms with Gasteiger partial charge in [-0.05, 0) is 35.9 Å². The van der Waals surface area contributed by atoms with E-state index in [4.69, 9.17) is 15.5 Å². The van der Waals surface area contributed by atoms with Crippen LogP contribution in [-0.2, 0) is 6.54 Å². The number of nitrogens with zero attached hydrogens (tertiary/aromatic N) is 1. The minimum atomic E-state index is 0.546. The molecule has 0 saturated heterocycles. The van der Waals surface area contributed by atoms with Crippen LogP contribution in [0, 0.1) is 0 Å². The first-order chi connectivity index (χ1) is 10.3. The summed E-state index contributed by atoms with van der Waals surface area (Å²) in [7, 11) is 1.67. The van der Waals surface area contributed by atoms with Crippen LogP contribution < -0.4 is 10.5 Å². The van der Waals surface area contributed by atoms with Gasteiger partial charge in [-0.2, -0.15) is 0 Å². The van der Waals surface area contributed by atoms with E-state index in [1.165, 1.54) is 0 Å². The maximum absolute atomic E-state index is 5.69. The van der Waals surface area contributed by atoms with Gasteiger partial charge in [-0.3, -0.25) is 0 Å². The van der Waals surface area contributed by atoms with Crippen LogP contribution in [0.25, 0.3) is 21.8 Å². The Labute approximate surface area is 128 Å². The summed E-state index contributed by atoms with van der Waals surface area (Å²) in [6, 6.07) is 16.1. The van der Waals surface area contributed by atoms with Gasteiger partial charge in [0.1, 0.15) is 10.8 Å². The lowest BCUT2D eigenvalue weighted by atomic mass is 10.1. The summed E-state index contributed by atoms with van der Waals surface area (Å²) in [5, 5.41) is 3.09. The smallest absolute Gasteiger partial charge is 0.124 e. The summed E-state index contributed by atoms with van der Waals surface area (Å²) in [6.07, 6.45) is 0. The third kappa shape index (κ3) is 2.96. The Morgan fingerprint density at radius 1 is 1.10 bits per heavy atom. The van der Waals surface area contributed by atoms with Crippen LogP contribution in [0.3, 0.4) is 0 Å². The fourth-order valence-corrected chi connectivity index (χ4v) is 2.96. The molecule has 0 spiro atoms. The quantitative estimate of drug-likeness (QED) is 0.793. The van der Waals surface area contributed by atoms with E-state index in [1.807, 2.05) is 36.4 Å². The van der Waals surface area contributed by atoms with Crippen molar-refractivity contribution in [1.82, 2.24) is 4.98 Å². The third-order valence-corrected chi connectivity index (χ3v) is 4.19. The minimum absolute atomic E-state index is 0.546. The summed E-state index contributed by atoms with van der Waals surface area (Å²) >= 11 is 1.64. The zero-order valence-corrected chi connectivity index (χ0v) is 12.6. The van der Waals surface area contributed by atoms with Crippen molar-refractivity contribution in [2.75, 3.05) is 7.11 Å². The second-order valence-corrected chi connectivity index (χ2v) is 5.53. The van der Waals surface area contributed by atoms with Gasteiger partial charge < -0.3 is 10.5 Å². The van der Waals surface area contributed by atoms with E-state index in [0.717, 1.165) is 33.1 Å². The highest BCUT2D eigenvalue weighted by Crippen LogP contribution is 2.30. The first-order valence-electron chi connectivity index (χ1n) is 6.69. The van der Waals surface area contributed by atoms with Crippen molar-refractivity contribution >= 4 is 11.3 Å². The van der Waals surface area contributed by atoms with Gasteiger partial charge in [-0.25, -0.2) is 4.98 Å². The summed E-state index contributed by atoms with van der Waals surface area (Å²) < 4.78 is 5.18. The zero-order chi connectivity index (χ0) is 14.7. The van der Waals surface area contributed by atoms with E-state index in [2.05, 4.69) is 17.5 Å². The van der Waals surface area contributed by atoms with Crippen molar-refractivity contribution in [2.24, 2.45) is 5.73 Å². The second kappa shape index (κ2) is 6.08. The number of aromatic nitrogens is 1. The molecule has 0 saturated carbocycles. The Hall–Kier alpha value is -2.17. The SMILES string of the molecule is COc1ccc(-c2csc(-c3cccc(CN)c3)n2)cc1. The van der Waals surface area contributed by atoms with Gasteiger partial charge in [-0.15, -0.1) is 11.3 Å². The number of ether oxygens (including phenoxy) is 1. The molecule has 106 valence electrons. The van der Waals surface area contributed by atoms with Crippen LogP contribution in [0.2, 0.25) is 0 Å². The Bertz CT molecular complexity index is 735. The number of rotatable bonds is 4. The maximum Gasteiger partial charge on any atom is 0.124 e. The number of nitrogens with two attached hydrogens (primary N) is 1. The van der Waals surface area contributed by atoms with Crippen LogP contribution in [0.5, 0.6) is 5.75 Å². The number of hydrogen-bond acceptors (Lipinski definition) is 4. The molecule has 4 heteroatoms. The van der Waals surface area contributed by atoms with E-state index < -0.39 is 0 Å². The fraction of sp³-hybridized carbons (Fsp3) is 0.118. The summed E-state index contributed by atoms with van der Waals surface area (Å²) in [6.45, 7) is 0.546. The summed E-state index contributed by atoms with van der Waals surface area (Å²) in [4.78, 5) is 4.72. The van der Waals surface area contributed by atoms with E-state index in [9.17, 15) is 0 Å². The molecule has 0 aliphatic heterocycles. The number of methoxy groups -OCH3 is 1. The molecule has 3 nitrogen and oxygen atoms in total. The Morgan fingerprint density at radius 3 is 2.62 bits per heavy atom. The summed E-state index contributed by atoms with van der Waals surface area (Å²) in [5.41, 5.74) is 10.00. The standard InChI is InChI=1S/C17H16N2OS/c1-20-15-7-5-13(6-8-15)16-11-21-17(19-16)14-4-2-3-12(9-14)10-18/h2-9,11H,10,18H2,1H3. The van der Waals surface area contributed by atoms with Gasteiger partial charge in [0.15, 0.2) is 0 Å². The highest BCUT2D eigenvalue weighted by molar-refractivity contribution is 7.13. The molecule has 3 aromatic rings. The highest BCUT2D eigenvalue weighted by Gasteiger charge is 2.07. The average Bonchev–Trinajstić information content (AvgIpc) is 3.05. The zero-order valence-electron chi connectivity index (χ0n) is 11.7. The Kier molecular flexibility index (Phi) is 3.99. The molecule has 2 aromatic carbocycles. The second-order valence-electron chi connectivity index (χ2n) is 4.67. The van der Waals surface area contributed by atoms with Crippen LogP contribution in [0.4, 0.5) is 0 Å². The molecular formula is C17H16N2OS. The lowest BCUT2D eigenvalue weighted by Crippen LogP contribution is -1.95. The van der Waals surface area contributed by atoms with E-state index in [-0.39, 0.29) is 0 Å². The molecule has 21 heavy (non-hydrogen) atoms. The first-order valence-corrected chi connectivity index (χ1v) is 7.57. The van der Waals surface area contributed by atoms with Crippen molar-refractivity contribution < 1.29 is 4.74 Å². The van der Waals surface area contributed by atoms with Crippen LogP contribution in [-0.4, -0.2) is 12.1 Å². The lowest BCUT2D eigenvalue weighted by molar-refractivity contribution is 0.415. The van der Waals surface area contributed by atoms with Crippen LogP contribution in [0.15, 0.2) is 53.9 Å². The molecule has 0 radical (unpaired) electrons. The van der Waals surface area contributed by atoms with Crippen molar-refractivity contribution in [3.63, 3.8) is 0 Å². The molecule has 0 aliphatic carbocycles. The molecule has 0 unspecified atom stereocenters. The Balaban J connectivity index is 1.91. The third-order valence-electron chi connectivity index (χ3n) is 3.30. The molecule has 2 N–H and O–H groups in total. The first kappa shape index (κ1) is 13.8. The van der Waals surface area contributed by atoms with Crippen molar-refractivity contribution in [3.8, 4) is 27.6 Å². The molecule has 0 aliphatic rings. The van der Waals surface area contributed by atoms with Gasteiger partial charge in [-0.1, -0.05) is 18.2 Å². The molecule has 1 heterocycles. The minimum Gasteiger partial charge on any atom is -0.497 e. The van der Waals surface area contributed by atoms with Gasteiger partial charge >= 0.3 is 0 Å². The fourth-order valence-electron chi connectivity index (χ4n) is 2.13. The summed E-state index contributed by atoms with van der Waals surface area (Å²) in [5.74, 6) is 0.852. The molecule has 0 atom stereocenters. The van der Waals surface area contributed by atoms with Gasteiger partial charge in [0.25, 0.3) is 0 Å². The maximum atomic E-state index is 5.69. The number of hydrogen-bond donors (Lipinski definition) is 1. The molecule has 1 aromatic heterocycles. The predicted molar refractivity (Wildman–Crippen MR) is 87.4 cm³/mol. The lowest BCUT2D eigenvalue weighted by Gasteiger charge is -2.01. The monoisotopic (exact) mass is 296 g/mol. The topological polar surface area (TPSA) is 48.1 Å². The average molecular weight is 296 g/mol. The van der Waals surface area contributed by atoms with E-state index >= 15 is 0 Å². The van der Waals surface area contributed by atoms with Crippen LogP contribution in [0.1, 0.15) is 5.56 Å².